The molecular weight excluding hydrogens is 312 g/mol. The quantitative estimate of drug-likeness (QED) is 0.790. The predicted molar refractivity (Wildman–Crippen MR) is 86.7 cm³/mol. The zero-order valence-electron chi connectivity index (χ0n) is 13.1. The van der Waals surface area contributed by atoms with Crippen molar-refractivity contribution in [1.29, 1.82) is 0 Å². The van der Waals surface area contributed by atoms with Crippen LogP contribution in [0.5, 0.6) is 23.0 Å². The van der Waals surface area contributed by atoms with E-state index in [1.165, 1.54) is 18.2 Å². The zero-order valence-corrected chi connectivity index (χ0v) is 13.1. The number of hydrogen-bond acceptors (Lipinski definition) is 6. The molecule has 2 aliphatic rings. The van der Waals surface area contributed by atoms with Crippen molar-refractivity contribution < 1.29 is 29.2 Å². The number of phenols is 2. The average molecular weight is 332 g/mol. The van der Waals surface area contributed by atoms with Crippen molar-refractivity contribution in [2.45, 2.75) is 12.2 Å². The molecule has 6 nitrogen and oxygen atoms in total. The molecule has 2 saturated heterocycles. The summed E-state index contributed by atoms with van der Waals surface area (Å²) in [6, 6.07) is 13.5. The normalized spacial score (nSPS) is 20.5. The molecule has 4 rings (SSSR count). The molecule has 2 atom stereocenters. The van der Waals surface area contributed by atoms with Crippen LogP contribution < -0.4 is 9.47 Å². The third-order valence-electron chi connectivity index (χ3n) is 3.31. The van der Waals surface area contributed by atoms with Crippen LogP contribution in [0.25, 0.3) is 0 Å². The van der Waals surface area contributed by atoms with Crippen LogP contribution in [0.15, 0.2) is 48.5 Å². The first-order valence-electron chi connectivity index (χ1n) is 7.76. The molecule has 0 bridgehead atoms. The molecule has 0 amide bonds. The zero-order chi connectivity index (χ0) is 16.8. The van der Waals surface area contributed by atoms with Crippen LogP contribution in [0, 0.1) is 0 Å². The van der Waals surface area contributed by atoms with Crippen molar-refractivity contribution in [1.82, 2.24) is 0 Å². The maximum absolute atomic E-state index is 8.65. The number of hydrogen-bond donors (Lipinski definition) is 2. The lowest BCUT2D eigenvalue weighted by atomic mass is 10.3. The lowest BCUT2D eigenvalue weighted by molar-refractivity contribution is 0.252. The van der Waals surface area contributed by atoms with Crippen molar-refractivity contribution >= 4 is 0 Å². The first kappa shape index (κ1) is 16.4. The fraction of sp³-hybridized carbons (Fsp3) is 0.333. The first-order valence-corrected chi connectivity index (χ1v) is 7.76. The van der Waals surface area contributed by atoms with Crippen molar-refractivity contribution in [3.8, 4) is 23.0 Å². The Labute approximate surface area is 140 Å². The molecule has 2 aliphatic heterocycles. The van der Waals surface area contributed by atoms with Gasteiger partial charge in [0.2, 0.25) is 0 Å². The minimum Gasteiger partial charge on any atom is -0.508 e. The molecule has 0 radical (unpaired) electrons. The van der Waals surface area contributed by atoms with E-state index < -0.39 is 0 Å². The summed E-state index contributed by atoms with van der Waals surface area (Å²) in [5.41, 5.74) is 0. The Bertz CT molecular complexity index is 603. The molecule has 2 N–H and O–H groups in total. The van der Waals surface area contributed by atoms with Gasteiger partial charge in [-0.1, -0.05) is 12.1 Å². The van der Waals surface area contributed by atoms with Crippen LogP contribution in [0.4, 0.5) is 0 Å². The predicted octanol–water partition coefficient (Wildman–Crippen LogP) is 2.34. The monoisotopic (exact) mass is 332 g/mol. The second-order valence-electron chi connectivity index (χ2n) is 5.53. The molecule has 0 saturated carbocycles. The van der Waals surface area contributed by atoms with E-state index in [-0.39, 0.29) is 23.7 Å². The number of aromatic hydroxyl groups is 2. The van der Waals surface area contributed by atoms with Gasteiger partial charge in [0, 0.05) is 12.1 Å². The van der Waals surface area contributed by atoms with Crippen LogP contribution >= 0.6 is 0 Å². The Morgan fingerprint density at radius 1 is 0.792 bits per heavy atom. The molecule has 6 heteroatoms. The van der Waals surface area contributed by atoms with Gasteiger partial charge >= 0.3 is 0 Å². The lowest BCUT2D eigenvalue weighted by Gasteiger charge is -2.07. The van der Waals surface area contributed by atoms with E-state index in [2.05, 4.69) is 0 Å². The van der Waals surface area contributed by atoms with Crippen molar-refractivity contribution in [2.24, 2.45) is 0 Å². The second kappa shape index (κ2) is 7.90. The molecule has 24 heavy (non-hydrogen) atoms. The van der Waals surface area contributed by atoms with E-state index in [0.717, 1.165) is 24.7 Å². The smallest absolute Gasteiger partial charge is 0.123 e. The largest absolute Gasteiger partial charge is 0.508 e. The SMILES string of the molecule is Oc1cccc(O)c1.c1cc(OCC2CO2)cc(OCC2CO2)c1. The van der Waals surface area contributed by atoms with Gasteiger partial charge in [-0.2, -0.15) is 0 Å². The summed E-state index contributed by atoms with van der Waals surface area (Å²) in [7, 11) is 0. The number of phenolic OH excluding ortho intramolecular Hbond substituents is 2. The highest BCUT2D eigenvalue weighted by Gasteiger charge is 2.24. The van der Waals surface area contributed by atoms with E-state index in [1.807, 2.05) is 24.3 Å². The first-order chi connectivity index (χ1) is 11.7. The standard InChI is InChI=1S/C12H14O4.C6H6O2/c1-2-9(13-5-11-7-15-11)4-10(3-1)14-6-12-8-16-12;7-5-2-1-3-6(8)4-5/h1-4,11-12H,5-8H2;1-4,7-8H. The van der Waals surface area contributed by atoms with Crippen molar-refractivity contribution in [2.75, 3.05) is 26.4 Å². The number of epoxide rings is 2. The van der Waals surface area contributed by atoms with Crippen LogP contribution in [-0.4, -0.2) is 48.8 Å². The van der Waals surface area contributed by atoms with E-state index >= 15 is 0 Å². The number of benzene rings is 2. The molecule has 2 fully saturated rings. The third-order valence-corrected chi connectivity index (χ3v) is 3.31. The van der Waals surface area contributed by atoms with Crippen LogP contribution in [-0.2, 0) is 9.47 Å². The maximum Gasteiger partial charge on any atom is 0.123 e. The third kappa shape index (κ3) is 5.98. The topological polar surface area (TPSA) is 84.0 Å². The second-order valence-corrected chi connectivity index (χ2v) is 5.53. The van der Waals surface area contributed by atoms with Gasteiger partial charge in [0.15, 0.2) is 0 Å². The Balaban J connectivity index is 0.000000179. The van der Waals surface area contributed by atoms with Crippen molar-refractivity contribution in [3.05, 3.63) is 48.5 Å². The fourth-order valence-electron chi connectivity index (χ4n) is 1.85. The Morgan fingerprint density at radius 3 is 1.62 bits per heavy atom. The number of rotatable bonds is 6. The molecule has 0 aliphatic carbocycles. The summed E-state index contributed by atoms with van der Waals surface area (Å²) in [4.78, 5) is 0. The van der Waals surface area contributed by atoms with E-state index in [9.17, 15) is 0 Å². The molecule has 2 aromatic rings. The van der Waals surface area contributed by atoms with Crippen LogP contribution in [0.2, 0.25) is 0 Å². The summed E-state index contributed by atoms with van der Waals surface area (Å²) in [5, 5.41) is 17.3. The minimum absolute atomic E-state index is 0.0880. The molecule has 0 aromatic heterocycles. The highest BCUT2D eigenvalue weighted by Crippen LogP contribution is 2.22. The van der Waals surface area contributed by atoms with Gasteiger partial charge in [0.25, 0.3) is 0 Å². The Morgan fingerprint density at radius 2 is 1.25 bits per heavy atom. The Kier molecular flexibility index (Phi) is 5.40. The van der Waals surface area contributed by atoms with E-state index in [4.69, 9.17) is 29.2 Å². The van der Waals surface area contributed by atoms with E-state index in [1.54, 1.807) is 6.07 Å². The molecule has 0 spiro atoms. The molecule has 128 valence electrons. The minimum atomic E-state index is 0.0880. The van der Waals surface area contributed by atoms with Gasteiger partial charge < -0.3 is 29.2 Å². The summed E-state index contributed by atoms with van der Waals surface area (Å²) >= 11 is 0. The summed E-state index contributed by atoms with van der Waals surface area (Å²) < 4.78 is 21.3. The van der Waals surface area contributed by atoms with Gasteiger partial charge in [0.05, 0.1) is 13.2 Å². The highest BCUT2D eigenvalue weighted by molar-refractivity contribution is 5.33. The van der Waals surface area contributed by atoms with Gasteiger partial charge in [-0.3, -0.25) is 0 Å². The summed E-state index contributed by atoms with van der Waals surface area (Å²) in [6.07, 6.45) is 0.564. The van der Waals surface area contributed by atoms with Gasteiger partial charge in [-0.25, -0.2) is 0 Å². The number of ether oxygens (including phenoxy) is 4. The maximum atomic E-state index is 8.65. The molecule has 2 heterocycles. The summed E-state index contributed by atoms with van der Waals surface area (Å²) in [6.45, 7) is 2.87. The van der Waals surface area contributed by atoms with Gasteiger partial charge in [0.1, 0.15) is 48.4 Å². The average Bonchev–Trinajstić information content (AvgIpc) is 3.47. The highest BCUT2D eigenvalue weighted by atomic mass is 16.6. The van der Waals surface area contributed by atoms with Crippen LogP contribution in [0.3, 0.4) is 0 Å². The molecule has 2 unspecified atom stereocenters. The lowest BCUT2D eigenvalue weighted by Crippen LogP contribution is -2.06. The Hall–Kier alpha value is -2.44. The van der Waals surface area contributed by atoms with Gasteiger partial charge in [-0.05, 0) is 24.3 Å². The van der Waals surface area contributed by atoms with E-state index in [0.29, 0.717) is 13.2 Å². The van der Waals surface area contributed by atoms with Crippen molar-refractivity contribution in [3.63, 3.8) is 0 Å². The molecular formula is C18H20O6. The summed E-state index contributed by atoms with van der Waals surface area (Å²) in [5.74, 6) is 1.82. The molecule has 2 aromatic carbocycles. The fourth-order valence-corrected chi connectivity index (χ4v) is 1.85. The van der Waals surface area contributed by atoms with Gasteiger partial charge in [-0.15, -0.1) is 0 Å². The van der Waals surface area contributed by atoms with Crippen LogP contribution in [0.1, 0.15) is 0 Å².